The van der Waals surface area contributed by atoms with E-state index in [-0.39, 0.29) is 17.7 Å². The quantitative estimate of drug-likeness (QED) is 0.688. The van der Waals surface area contributed by atoms with Gasteiger partial charge in [-0.25, -0.2) is 4.98 Å². The standard InChI is InChI=1S/C20H18N4O4S/c1-12(25)21-15-4-2-13(3-5-15)19(27)24-8-6-16-17(10-24)29-20(22-16)23-18(26)14-7-9-28-11-14/h2-5,7,9,11H,6,8,10H2,1H3,(H,21,25)(H,22,23,26). The van der Waals surface area contributed by atoms with E-state index in [1.54, 1.807) is 35.2 Å². The van der Waals surface area contributed by atoms with Crippen molar-refractivity contribution in [1.82, 2.24) is 9.88 Å². The Morgan fingerprint density at radius 2 is 1.90 bits per heavy atom. The third kappa shape index (κ3) is 4.19. The minimum atomic E-state index is -0.281. The highest BCUT2D eigenvalue weighted by Gasteiger charge is 2.25. The zero-order valence-electron chi connectivity index (χ0n) is 15.6. The summed E-state index contributed by atoms with van der Waals surface area (Å²) in [6.07, 6.45) is 3.44. The van der Waals surface area contributed by atoms with Gasteiger partial charge < -0.3 is 14.6 Å². The number of rotatable bonds is 4. The van der Waals surface area contributed by atoms with E-state index in [9.17, 15) is 14.4 Å². The first kappa shape index (κ1) is 18.9. The van der Waals surface area contributed by atoms with E-state index < -0.39 is 0 Å². The van der Waals surface area contributed by atoms with Crippen LogP contribution < -0.4 is 10.6 Å². The van der Waals surface area contributed by atoms with Crippen LogP contribution >= 0.6 is 11.3 Å². The van der Waals surface area contributed by atoms with Crippen LogP contribution in [0.15, 0.2) is 47.3 Å². The summed E-state index contributed by atoms with van der Waals surface area (Å²) in [5.41, 5.74) is 2.54. The van der Waals surface area contributed by atoms with Gasteiger partial charge in [-0.2, -0.15) is 0 Å². The molecule has 9 heteroatoms. The van der Waals surface area contributed by atoms with Crippen molar-refractivity contribution < 1.29 is 18.8 Å². The van der Waals surface area contributed by atoms with Gasteiger partial charge in [0, 0.05) is 36.0 Å². The second kappa shape index (κ2) is 7.88. The van der Waals surface area contributed by atoms with Gasteiger partial charge in [-0.1, -0.05) is 11.3 Å². The molecule has 0 fully saturated rings. The van der Waals surface area contributed by atoms with Crippen LogP contribution in [-0.2, 0) is 17.8 Å². The first-order chi connectivity index (χ1) is 14.0. The highest BCUT2D eigenvalue weighted by molar-refractivity contribution is 7.15. The highest BCUT2D eigenvalue weighted by Crippen LogP contribution is 2.29. The first-order valence-electron chi connectivity index (χ1n) is 8.98. The van der Waals surface area contributed by atoms with Gasteiger partial charge in [0.25, 0.3) is 11.8 Å². The summed E-state index contributed by atoms with van der Waals surface area (Å²) < 4.78 is 4.92. The van der Waals surface area contributed by atoms with Gasteiger partial charge in [-0.15, -0.1) is 0 Å². The van der Waals surface area contributed by atoms with Crippen LogP contribution in [0, 0.1) is 0 Å². The number of nitrogens with zero attached hydrogens (tertiary/aromatic N) is 2. The van der Waals surface area contributed by atoms with Gasteiger partial charge in [-0.3, -0.25) is 19.7 Å². The number of hydrogen-bond acceptors (Lipinski definition) is 6. The predicted octanol–water partition coefficient (Wildman–Crippen LogP) is 3.15. The number of amides is 3. The summed E-state index contributed by atoms with van der Waals surface area (Å²) in [6.45, 7) is 2.43. The summed E-state index contributed by atoms with van der Waals surface area (Å²) in [7, 11) is 0. The Morgan fingerprint density at radius 3 is 2.59 bits per heavy atom. The Balaban J connectivity index is 1.43. The second-order valence-electron chi connectivity index (χ2n) is 6.59. The zero-order chi connectivity index (χ0) is 20.4. The number of thiazole rings is 1. The molecule has 148 valence electrons. The lowest BCUT2D eigenvalue weighted by molar-refractivity contribution is -0.114. The lowest BCUT2D eigenvalue weighted by atomic mass is 10.1. The number of nitrogens with one attached hydrogen (secondary N) is 2. The minimum Gasteiger partial charge on any atom is -0.472 e. The molecule has 2 N–H and O–H groups in total. The molecular formula is C20H18N4O4S. The molecule has 0 unspecified atom stereocenters. The molecule has 0 aliphatic carbocycles. The van der Waals surface area contributed by atoms with Crippen molar-refractivity contribution in [3.05, 3.63) is 64.6 Å². The number of furan rings is 1. The van der Waals surface area contributed by atoms with Gasteiger partial charge >= 0.3 is 0 Å². The summed E-state index contributed by atoms with van der Waals surface area (Å²) in [6, 6.07) is 8.40. The summed E-state index contributed by atoms with van der Waals surface area (Å²) in [5.74, 6) is -0.520. The van der Waals surface area contributed by atoms with E-state index in [1.165, 1.54) is 30.8 Å². The number of benzene rings is 1. The molecular weight excluding hydrogens is 392 g/mol. The third-order valence-corrected chi connectivity index (χ3v) is 5.47. The molecule has 1 aliphatic rings. The monoisotopic (exact) mass is 410 g/mol. The fraction of sp³-hybridized carbons (Fsp3) is 0.200. The van der Waals surface area contributed by atoms with Gasteiger partial charge in [0.2, 0.25) is 5.91 Å². The lowest BCUT2D eigenvalue weighted by Crippen LogP contribution is -2.35. The van der Waals surface area contributed by atoms with Crippen molar-refractivity contribution in [1.29, 1.82) is 0 Å². The van der Waals surface area contributed by atoms with Crippen LogP contribution in [0.25, 0.3) is 0 Å². The summed E-state index contributed by atoms with van der Waals surface area (Å²) in [5, 5.41) is 5.96. The molecule has 3 amide bonds. The van der Waals surface area contributed by atoms with E-state index in [4.69, 9.17) is 4.42 Å². The van der Waals surface area contributed by atoms with Crippen LogP contribution in [0.2, 0.25) is 0 Å². The SMILES string of the molecule is CC(=O)Nc1ccc(C(=O)N2CCc3nc(NC(=O)c4ccoc4)sc3C2)cc1. The van der Waals surface area contributed by atoms with Crippen molar-refractivity contribution in [3.8, 4) is 0 Å². The Labute approximate surface area is 170 Å². The van der Waals surface area contributed by atoms with E-state index in [2.05, 4.69) is 15.6 Å². The van der Waals surface area contributed by atoms with Crippen LogP contribution in [0.4, 0.5) is 10.8 Å². The van der Waals surface area contributed by atoms with Crippen molar-refractivity contribution in [2.75, 3.05) is 17.2 Å². The third-order valence-electron chi connectivity index (χ3n) is 4.47. The molecule has 0 saturated carbocycles. The molecule has 3 aromatic rings. The van der Waals surface area contributed by atoms with Crippen LogP contribution in [0.1, 0.15) is 38.2 Å². The molecule has 0 bridgehead atoms. The molecule has 0 spiro atoms. The lowest BCUT2D eigenvalue weighted by Gasteiger charge is -2.26. The number of carbonyl (C=O) groups is 3. The average molecular weight is 410 g/mol. The second-order valence-corrected chi connectivity index (χ2v) is 7.67. The zero-order valence-corrected chi connectivity index (χ0v) is 16.4. The highest BCUT2D eigenvalue weighted by atomic mass is 32.1. The molecule has 0 atom stereocenters. The Morgan fingerprint density at radius 1 is 1.10 bits per heavy atom. The normalized spacial score (nSPS) is 12.9. The molecule has 1 aliphatic heterocycles. The van der Waals surface area contributed by atoms with E-state index in [1.807, 2.05) is 0 Å². The number of carbonyl (C=O) groups excluding carboxylic acids is 3. The van der Waals surface area contributed by atoms with Crippen molar-refractivity contribution in [2.45, 2.75) is 19.9 Å². The fourth-order valence-electron chi connectivity index (χ4n) is 3.07. The number of aromatic nitrogens is 1. The number of anilines is 2. The molecule has 2 aromatic heterocycles. The summed E-state index contributed by atoms with van der Waals surface area (Å²) >= 11 is 1.37. The molecule has 3 heterocycles. The molecule has 8 nitrogen and oxygen atoms in total. The molecule has 4 rings (SSSR count). The molecule has 0 saturated heterocycles. The maximum Gasteiger partial charge on any atom is 0.260 e. The van der Waals surface area contributed by atoms with Gasteiger partial charge in [0.05, 0.1) is 24.1 Å². The maximum absolute atomic E-state index is 12.8. The van der Waals surface area contributed by atoms with Crippen molar-refractivity contribution in [3.63, 3.8) is 0 Å². The Bertz CT molecular complexity index is 1060. The molecule has 1 aromatic carbocycles. The van der Waals surface area contributed by atoms with E-state index >= 15 is 0 Å². The maximum atomic E-state index is 12.8. The van der Waals surface area contributed by atoms with Crippen LogP contribution in [0.3, 0.4) is 0 Å². The largest absolute Gasteiger partial charge is 0.472 e. The average Bonchev–Trinajstić information content (AvgIpc) is 3.36. The van der Waals surface area contributed by atoms with Crippen LogP contribution in [-0.4, -0.2) is 34.2 Å². The molecule has 0 radical (unpaired) electrons. The minimum absolute atomic E-state index is 0.0811. The predicted molar refractivity (Wildman–Crippen MR) is 108 cm³/mol. The Hall–Kier alpha value is -3.46. The Kier molecular flexibility index (Phi) is 5.13. The smallest absolute Gasteiger partial charge is 0.260 e. The topological polar surface area (TPSA) is 105 Å². The fourth-order valence-corrected chi connectivity index (χ4v) is 4.09. The van der Waals surface area contributed by atoms with E-state index in [0.29, 0.717) is 41.5 Å². The van der Waals surface area contributed by atoms with Crippen molar-refractivity contribution >= 4 is 39.9 Å². The molecule has 29 heavy (non-hydrogen) atoms. The first-order valence-corrected chi connectivity index (χ1v) is 9.80. The summed E-state index contributed by atoms with van der Waals surface area (Å²) in [4.78, 5) is 43.3. The van der Waals surface area contributed by atoms with Crippen molar-refractivity contribution in [2.24, 2.45) is 0 Å². The van der Waals surface area contributed by atoms with E-state index in [0.717, 1.165) is 10.6 Å². The van der Waals surface area contributed by atoms with Gasteiger partial charge in [-0.05, 0) is 30.3 Å². The van der Waals surface area contributed by atoms with Gasteiger partial charge in [0.1, 0.15) is 6.26 Å². The number of fused-ring (bicyclic) bond motifs is 1. The van der Waals surface area contributed by atoms with Crippen LogP contribution in [0.5, 0.6) is 0 Å². The van der Waals surface area contributed by atoms with Gasteiger partial charge in [0.15, 0.2) is 5.13 Å². The number of hydrogen-bond donors (Lipinski definition) is 2.